The lowest BCUT2D eigenvalue weighted by molar-refractivity contribution is -0.118. The number of amides is 1. The number of sulfonamides is 1. The van der Waals surface area contributed by atoms with Gasteiger partial charge >= 0.3 is 0 Å². The van der Waals surface area contributed by atoms with E-state index in [1.54, 1.807) is 36.4 Å². The lowest BCUT2D eigenvalue weighted by Gasteiger charge is -2.19. The maximum atomic E-state index is 13.2. The Morgan fingerprint density at radius 2 is 1.80 bits per heavy atom. The van der Waals surface area contributed by atoms with Crippen molar-refractivity contribution in [3.63, 3.8) is 0 Å². The van der Waals surface area contributed by atoms with Gasteiger partial charge in [0.1, 0.15) is 11.6 Å². The van der Waals surface area contributed by atoms with Crippen LogP contribution in [0.3, 0.4) is 0 Å². The highest BCUT2D eigenvalue weighted by molar-refractivity contribution is 7.92. The van der Waals surface area contributed by atoms with Gasteiger partial charge in [0.2, 0.25) is 0 Å². The molecule has 0 heterocycles. The van der Waals surface area contributed by atoms with Crippen molar-refractivity contribution in [2.45, 2.75) is 4.90 Å². The normalized spacial score (nSPS) is 11.0. The molecule has 9 heteroatoms. The van der Waals surface area contributed by atoms with Gasteiger partial charge in [-0.25, -0.2) is 12.8 Å². The van der Waals surface area contributed by atoms with Crippen molar-refractivity contribution in [2.24, 2.45) is 0 Å². The average Bonchev–Trinajstić information content (AvgIpc) is 2.75. The fourth-order valence-electron chi connectivity index (χ4n) is 2.58. The highest BCUT2D eigenvalue weighted by atomic mass is 35.5. The summed E-state index contributed by atoms with van der Waals surface area (Å²) in [7, 11) is -2.36. The first-order chi connectivity index (χ1) is 14.3. The average molecular weight is 449 g/mol. The van der Waals surface area contributed by atoms with Crippen LogP contribution in [0.15, 0.2) is 77.7 Å². The van der Waals surface area contributed by atoms with Gasteiger partial charge in [-0.2, -0.15) is 0 Å². The van der Waals surface area contributed by atoms with Crippen molar-refractivity contribution in [1.29, 1.82) is 0 Å². The van der Waals surface area contributed by atoms with Crippen LogP contribution < -0.4 is 14.4 Å². The van der Waals surface area contributed by atoms with Crippen molar-refractivity contribution in [3.05, 3.63) is 83.6 Å². The fourth-order valence-corrected chi connectivity index (χ4v) is 3.99. The third-order valence-corrected chi connectivity index (χ3v) is 6.23. The van der Waals surface area contributed by atoms with Crippen molar-refractivity contribution in [3.8, 4) is 5.75 Å². The topological polar surface area (TPSA) is 75.7 Å². The molecule has 0 atom stereocenters. The maximum Gasteiger partial charge on any atom is 0.264 e. The summed E-state index contributed by atoms with van der Waals surface area (Å²) in [6, 6.07) is 18.3. The first kappa shape index (κ1) is 21.6. The van der Waals surface area contributed by atoms with Gasteiger partial charge in [-0.15, -0.1) is 0 Å². The molecule has 3 rings (SSSR count). The minimum absolute atomic E-state index is 0.0258. The summed E-state index contributed by atoms with van der Waals surface area (Å²) in [4.78, 5) is 12.2. The summed E-state index contributed by atoms with van der Waals surface area (Å²) in [5, 5.41) is 2.46. The van der Waals surface area contributed by atoms with Crippen molar-refractivity contribution in [2.75, 3.05) is 23.3 Å². The minimum atomic E-state index is -3.81. The summed E-state index contributed by atoms with van der Waals surface area (Å²) in [6.45, 7) is -0.358. The van der Waals surface area contributed by atoms with E-state index in [0.717, 1.165) is 10.4 Å². The van der Waals surface area contributed by atoms with Gasteiger partial charge in [0.15, 0.2) is 6.61 Å². The van der Waals surface area contributed by atoms with E-state index in [1.165, 1.54) is 37.4 Å². The molecular formula is C21H18ClFN2O4S. The van der Waals surface area contributed by atoms with E-state index >= 15 is 0 Å². The highest BCUT2D eigenvalue weighted by Gasteiger charge is 2.21. The van der Waals surface area contributed by atoms with Crippen LogP contribution in [-0.2, 0) is 14.8 Å². The van der Waals surface area contributed by atoms with Gasteiger partial charge < -0.3 is 10.1 Å². The molecule has 1 amide bonds. The Balaban J connectivity index is 1.68. The van der Waals surface area contributed by atoms with Gasteiger partial charge in [0.05, 0.1) is 15.6 Å². The lowest BCUT2D eigenvalue weighted by atomic mass is 10.3. The summed E-state index contributed by atoms with van der Waals surface area (Å²) < 4.78 is 45.4. The van der Waals surface area contributed by atoms with Gasteiger partial charge in [-0.05, 0) is 42.5 Å². The molecule has 6 nitrogen and oxygen atoms in total. The molecule has 0 aliphatic rings. The summed E-state index contributed by atoms with van der Waals surface area (Å²) in [5.74, 6) is -0.870. The molecule has 0 fully saturated rings. The van der Waals surface area contributed by atoms with Crippen LogP contribution >= 0.6 is 11.6 Å². The Bertz CT molecular complexity index is 1160. The first-order valence-electron chi connectivity index (χ1n) is 8.79. The molecule has 0 spiro atoms. The molecule has 0 unspecified atom stereocenters. The van der Waals surface area contributed by atoms with E-state index < -0.39 is 21.7 Å². The van der Waals surface area contributed by atoms with E-state index in [1.807, 2.05) is 0 Å². The predicted octanol–water partition coefficient (Wildman–Crippen LogP) is 4.32. The molecule has 3 aromatic carbocycles. The number of ether oxygens (including phenoxy) is 1. The van der Waals surface area contributed by atoms with Gasteiger partial charge in [0, 0.05) is 18.8 Å². The van der Waals surface area contributed by atoms with Crippen LogP contribution in [0.2, 0.25) is 5.02 Å². The largest absolute Gasteiger partial charge is 0.484 e. The number of carbonyl (C=O) groups is 1. The van der Waals surface area contributed by atoms with E-state index in [9.17, 15) is 17.6 Å². The second-order valence-electron chi connectivity index (χ2n) is 6.25. The van der Waals surface area contributed by atoms with Crippen LogP contribution in [0.4, 0.5) is 15.8 Å². The molecule has 0 aliphatic heterocycles. The number of rotatable bonds is 7. The van der Waals surface area contributed by atoms with Crippen LogP contribution in [0, 0.1) is 5.82 Å². The molecule has 0 aliphatic carbocycles. The minimum Gasteiger partial charge on any atom is -0.484 e. The molecular weight excluding hydrogens is 431 g/mol. The van der Waals surface area contributed by atoms with Crippen molar-refractivity contribution in [1.82, 2.24) is 0 Å². The molecule has 0 saturated carbocycles. The zero-order chi connectivity index (χ0) is 21.7. The zero-order valence-corrected chi connectivity index (χ0v) is 17.5. The number of nitrogens with one attached hydrogen (secondary N) is 1. The number of para-hydroxylation sites is 1. The third kappa shape index (κ3) is 5.08. The summed E-state index contributed by atoms with van der Waals surface area (Å²) in [6.07, 6.45) is 0. The van der Waals surface area contributed by atoms with E-state index in [2.05, 4.69) is 5.32 Å². The molecule has 156 valence electrons. The SMILES string of the molecule is CN(c1ccccc1)S(=O)(=O)c1cccc(NC(=O)COc2ccc(F)c(Cl)c2)c1. The molecule has 0 saturated heterocycles. The van der Waals surface area contributed by atoms with E-state index in [-0.39, 0.29) is 22.3 Å². The molecule has 1 N–H and O–H groups in total. The van der Waals surface area contributed by atoms with Crippen LogP contribution in [0.1, 0.15) is 0 Å². The molecule has 0 aromatic heterocycles. The maximum absolute atomic E-state index is 13.2. The standard InChI is InChI=1S/C21H18ClFN2O4S/c1-25(16-7-3-2-4-8-16)30(27,28)18-9-5-6-15(12-18)24-21(26)14-29-17-10-11-20(23)19(22)13-17/h2-13H,14H2,1H3,(H,24,26). The van der Waals surface area contributed by atoms with E-state index in [4.69, 9.17) is 16.3 Å². The number of halogens is 2. The highest BCUT2D eigenvalue weighted by Crippen LogP contribution is 2.24. The number of hydrogen-bond acceptors (Lipinski definition) is 4. The molecule has 3 aromatic rings. The van der Waals surface area contributed by atoms with E-state index in [0.29, 0.717) is 11.4 Å². The Hall–Kier alpha value is -3.10. The molecule has 0 bridgehead atoms. The lowest BCUT2D eigenvalue weighted by Crippen LogP contribution is -2.26. The van der Waals surface area contributed by atoms with Crippen LogP contribution in [0.5, 0.6) is 5.75 Å². The smallest absolute Gasteiger partial charge is 0.264 e. The fraction of sp³-hybridized carbons (Fsp3) is 0.0952. The van der Waals surface area contributed by atoms with Crippen LogP contribution in [0.25, 0.3) is 0 Å². The summed E-state index contributed by atoms with van der Waals surface area (Å²) >= 11 is 5.67. The van der Waals surface area contributed by atoms with Gasteiger partial charge in [-0.3, -0.25) is 9.10 Å². The summed E-state index contributed by atoms with van der Waals surface area (Å²) in [5.41, 5.74) is 0.807. The van der Waals surface area contributed by atoms with Crippen molar-refractivity contribution >= 4 is 38.9 Å². The monoisotopic (exact) mass is 448 g/mol. The Morgan fingerprint density at radius 1 is 1.07 bits per heavy atom. The molecule has 0 radical (unpaired) electrons. The van der Waals surface area contributed by atoms with Gasteiger partial charge in [0.25, 0.3) is 15.9 Å². The number of carbonyl (C=O) groups excluding carboxylic acids is 1. The predicted molar refractivity (Wildman–Crippen MR) is 114 cm³/mol. The Labute approximate surface area is 178 Å². The molecule has 30 heavy (non-hydrogen) atoms. The zero-order valence-electron chi connectivity index (χ0n) is 15.9. The number of nitrogens with zero attached hydrogens (tertiary/aromatic N) is 1. The second kappa shape index (κ2) is 9.15. The van der Waals surface area contributed by atoms with Crippen LogP contribution in [-0.4, -0.2) is 28.0 Å². The Kier molecular flexibility index (Phi) is 6.59. The second-order valence-corrected chi connectivity index (χ2v) is 8.63. The Morgan fingerprint density at radius 3 is 2.50 bits per heavy atom. The van der Waals surface area contributed by atoms with Crippen molar-refractivity contribution < 1.29 is 22.3 Å². The third-order valence-electron chi connectivity index (χ3n) is 4.16. The number of anilines is 2. The quantitative estimate of drug-likeness (QED) is 0.584. The number of hydrogen-bond donors (Lipinski definition) is 1. The van der Waals surface area contributed by atoms with Gasteiger partial charge in [-0.1, -0.05) is 35.9 Å². The number of benzene rings is 3. The first-order valence-corrected chi connectivity index (χ1v) is 10.6.